The molecule has 0 aliphatic carbocycles. The van der Waals surface area contributed by atoms with E-state index in [1.165, 1.54) is 0 Å². The van der Waals surface area contributed by atoms with Crippen LogP contribution in [0.3, 0.4) is 0 Å². The summed E-state index contributed by atoms with van der Waals surface area (Å²) in [6, 6.07) is 5.70. The average Bonchev–Trinajstić information content (AvgIpc) is 2.71. The molecule has 0 atom stereocenters. The van der Waals surface area contributed by atoms with Crippen molar-refractivity contribution in [2.45, 2.75) is 6.54 Å². The molecule has 3 N–H and O–H groups in total. The molecule has 0 saturated heterocycles. The minimum Gasteiger partial charge on any atom is -0.406 e. The Bertz CT molecular complexity index is 502. The zero-order chi connectivity index (χ0) is 11.5. The van der Waals surface area contributed by atoms with E-state index in [9.17, 15) is 0 Å². The van der Waals surface area contributed by atoms with E-state index in [-0.39, 0.29) is 6.54 Å². The monoisotopic (exact) mass is 302 g/mol. The third kappa shape index (κ3) is 2.52. The van der Waals surface area contributed by atoms with Crippen molar-refractivity contribution in [1.29, 1.82) is 0 Å². The van der Waals surface area contributed by atoms with Crippen molar-refractivity contribution >= 4 is 39.2 Å². The van der Waals surface area contributed by atoms with Gasteiger partial charge in [0.25, 0.3) is 0 Å². The first-order valence-corrected chi connectivity index (χ1v) is 5.60. The lowest BCUT2D eigenvalue weighted by molar-refractivity contribution is 0.511. The maximum Gasteiger partial charge on any atom is 0.320 e. The highest BCUT2D eigenvalue weighted by molar-refractivity contribution is 9.10. The van der Waals surface area contributed by atoms with Crippen LogP contribution in [-0.2, 0) is 6.54 Å². The zero-order valence-corrected chi connectivity index (χ0v) is 10.4. The summed E-state index contributed by atoms with van der Waals surface area (Å²) in [6.45, 7) is 0.218. The summed E-state index contributed by atoms with van der Waals surface area (Å²) in [6.07, 6.45) is 0. The van der Waals surface area contributed by atoms with Gasteiger partial charge in [-0.25, -0.2) is 0 Å². The number of rotatable bonds is 3. The van der Waals surface area contributed by atoms with E-state index in [0.717, 1.165) is 10.2 Å². The highest BCUT2D eigenvalue weighted by atomic mass is 79.9. The molecule has 84 valence electrons. The molecule has 2 aromatic rings. The van der Waals surface area contributed by atoms with Crippen LogP contribution in [0.4, 0.5) is 11.7 Å². The van der Waals surface area contributed by atoms with Crippen LogP contribution in [0, 0.1) is 0 Å². The van der Waals surface area contributed by atoms with Gasteiger partial charge >= 0.3 is 6.01 Å². The number of nitrogens with two attached hydrogens (primary N) is 1. The Morgan fingerprint density at radius 3 is 2.88 bits per heavy atom. The van der Waals surface area contributed by atoms with E-state index in [1.54, 1.807) is 6.07 Å². The van der Waals surface area contributed by atoms with Gasteiger partial charge in [-0.2, -0.15) is 0 Å². The summed E-state index contributed by atoms with van der Waals surface area (Å²) in [4.78, 5) is 0. The third-order valence-corrected chi connectivity index (χ3v) is 3.04. The Labute approximate surface area is 105 Å². The number of aromatic nitrogens is 2. The molecule has 1 aromatic carbocycles. The van der Waals surface area contributed by atoms with Crippen LogP contribution in [-0.4, -0.2) is 10.2 Å². The number of nitrogens with zero attached hydrogens (tertiary/aromatic N) is 2. The standard InChI is InChI=1S/C9H8BrClN4O/c10-6-2-1-5(3-7(6)11)13-9-15-14-8(4-12)16-9/h1-3H,4,12H2,(H,13,15). The summed E-state index contributed by atoms with van der Waals surface area (Å²) in [7, 11) is 0. The van der Waals surface area contributed by atoms with Crippen LogP contribution in [0.1, 0.15) is 5.89 Å². The summed E-state index contributed by atoms with van der Waals surface area (Å²) >= 11 is 9.24. The van der Waals surface area contributed by atoms with Crippen LogP contribution >= 0.6 is 27.5 Å². The fourth-order valence-electron chi connectivity index (χ4n) is 1.08. The third-order valence-electron chi connectivity index (χ3n) is 1.81. The normalized spacial score (nSPS) is 10.4. The van der Waals surface area contributed by atoms with E-state index < -0.39 is 0 Å². The fourth-order valence-corrected chi connectivity index (χ4v) is 1.51. The fraction of sp³-hybridized carbons (Fsp3) is 0.111. The molecule has 0 aliphatic rings. The predicted octanol–water partition coefficient (Wildman–Crippen LogP) is 2.69. The SMILES string of the molecule is NCc1nnc(Nc2ccc(Br)c(Cl)c2)o1. The predicted molar refractivity (Wildman–Crippen MR) is 64.6 cm³/mol. The van der Waals surface area contributed by atoms with Crippen molar-refractivity contribution in [3.8, 4) is 0 Å². The van der Waals surface area contributed by atoms with Gasteiger partial charge < -0.3 is 15.5 Å². The lowest BCUT2D eigenvalue weighted by atomic mass is 10.3. The van der Waals surface area contributed by atoms with Crippen molar-refractivity contribution in [2.24, 2.45) is 5.73 Å². The number of anilines is 2. The molecule has 1 aromatic heterocycles. The lowest BCUT2D eigenvalue weighted by Gasteiger charge is -2.02. The summed E-state index contributed by atoms with van der Waals surface area (Å²) in [5, 5.41) is 11.0. The van der Waals surface area contributed by atoms with Crippen molar-refractivity contribution in [1.82, 2.24) is 10.2 Å². The first kappa shape index (κ1) is 11.4. The summed E-state index contributed by atoms with van der Waals surface area (Å²) in [5.74, 6) is 0.380. The average molecular weight is 304 g/mol. The van der Waals surface area contributed by atoms with Crippen LogP contribution < -0.4 is 11.1 Å². The number of hydrogen-bond donors (Lipinski definition) is 2. The van der Waals surface area contributed by atoms with E-state index in [1.807, 2.05) is 12.1 Å². The molecule has 0 aliphatic heterocycles. The number of benzene rings is 1. The van der Waals surface area contributed by atoms with Crippen LogP contribution in [0.5, 0.6) is 0 Å². The molecular weight excluding hydrogens is 295 g/mol. The molecule has 0 spiro atoms. The Morgan fingerprint density at radius 2 is 2.25 bits per heavy atom. The second-order valence-electron chi connectivity index (χ2n) is 2.96. The van der Waals surface area contributed by atoms with Gasteiger partial charge in [0, 0.05) is 10.2 Å². The van der Waals surface area contributed by atoms with Crippen molar-refractivity contribution in [3.63, 3.8) is 0 Å². The van der Waals surface area contributed by atoms with Gasteiger partial charge in [-0.05, 0) is 34.1 Å². The van der Waals surface area contributed by atoms with Gasteiger partial charge in [-0.1, -0.05) is 16.7 Å². The smallest absolute Gasteiger partial charge is 0.320 e. The van der Waals surface area contributed by atoms with Gasteiger partial charge in [0.2, 0.25) is 5.89 Å². The molecule has 2 rings (SSSR count). The molecule has 0 saturated carbocycles. The molecule has 0 amide bonds. The molecule has 0 fully saturated rings. The van der Waals surface area contributed by atoms with Crippen molar-refractivity contribution in [2.75, 3.05) is 5.32 Å². The highest BCUT2D eigenvalue weighted by Gasteiger charge is 2.05. The molecule has 0 radical (unpaired) electrons. The Morgan fingerprint density at radius 1 is 1.44 bits per heavy atom. The molecule has 0 bridgehead atoms. The minimum atomic E-state index is 0.218. The Balaban J connectivity index is 2.17. The second-order valence-corrected chi connectivity index (χ2v) is 4.22. The van der Waals surface area contributed by atoms with Crippen molar-refractivity contribution < 1.29 is 4.42 Å². The second kappa shape index (κ2) is 4.82. The lowest BCUT2D eigenvalue weighted by Crippen LogP contribution is -1.95. The van der Waals surface area contributed by atoms with E-state index in [0.29, 0.717) is 16.9 Å². The highest BCUT2D eigenvalue weighted by Crippen LogP contribution is 2.26. The Hall–Kier alpha value is -1.11. The first-order chi connectivity index (χ1) is 7.69. The largest absolute Gasteiger partial charge is 0.406 e. The van der Waals surface area contributed by atoms with Crippen molar-refractivity contribution in [3.05, 3.63) is 33.6 Å². The van der Waals surface area contributed by atoms with Crippen LogP contribution in [0.15, 0.2) is 27.1 Å². The van der Waals surface area contributed by atoms with E-state index in [4.69, 9.17) is 21.8 Å². The maximum absolute atomic E-state index is 5.94. The topological polar surface area (TPSA) is 77.0 Å². The van der Waals surface area contributed by atoms with E-state index in [2.05, 4.69) is 31.4 Å². The van der Waals surface area contributed by atoms with Gasteiger partial charge in [-0.15, -0.1) is 5.10 Å². The van der Waals surface area contributed by atoms with E-state index >= 15 is 0 Å². The molecule has 7 heteroatoms. The first-order valence-electron chi connectivity index (χ1n) is 4.43. The summed E-state index contributed by atoms with van der Waals surface area (Å²) in [5.41, 5.74) is 6.11. The van der Waals surface area contributed by atoms with Gasteiger partial charge in [0.05, 0.1) is 11.6 Å². The van der Waals surface area contributed by atoms with Crippen LogP contribution in [0.25, 0.3) is 0 Å². The quantitative estimate of drug-likeness (QED) is 0.911. The molecule has 16 heavy (non-hydrogen) atoms. The van der Waals surface area contributed by atoms with Crippen LogP contribution in [0.2, 0.25) is 5.02 Å². The van der Waals surface area contributed by atoms with Gasteiger partial charge in [0.1, 0.15) is 0 Å². The number of hydrogen-bond acceptors (Lipinski definition) is 5. The minimum absolute atomic E-state index is 0.218. The zero-order valence-electron chi connectivity index (χ0n) is 8.08. The Kier molecular flexibility index (Phi) is 3.42. The summed E-state index contributed by atoms with van der Waals surface area (Å²) < 4.78 is 6.02. The maximum atomic E-state index is 5.94. The van der Waals surface area contributed by atoms with Gasteiger partial charge in [-0.3, -0.25) is 0 Å². The number of nitrogens with one attached hydrogen (secondary N) is 1. The molecule has 1 heterocycles. The molecule has 5 nitrogen and oxygen atoms in total. The number of halogens is 2. The molecular formula is C9H8BrClN4O. The molecule has 0 unspecified atom stereocenters. The van der Waals surface area contributed by atoms with Gasteiger partial charge in [0.15, 0.2) is 0 Å².